The standard InChI is InChI=1S/C5H5N.Fe.O/c1-2-4-6-5-3-1;;/h1-5H;;/q;+2;-2. The fraction of sp³-hybridized carbons (Fsp3) is 0. The molecule has 1 aromatic heterocycles. The van der Waals surface area contributed by atoms with Crippen molar-refractivity contribution in [2.75, 3.05) is 0 Å². The summed E-state index contributed by atoms with van der Waals surface area (Å²) in [7, 11) is 0. The van der Waals surface area contributed by atoms with E-state index in [9.17, 15) is 0 Å². The van der Waals surface area contributed by atoms with Gasteiger partial charge in [-0.1, -0.05) is 6.07 Å². The zero-order valence-corrected chi connectivity index (χ0v) is 5.20. The zero-order valence-electron chi connectivity index (χ0n) is 4.10. The normalized spacial score (nSPS) is 6.00. The van der Waals surface area contributed by atoms with Crippen LogP contribution < -0.4 is 0 Å². The van der Waals surface area contributed by atoms with Crippen molar-refractivity contribution in [3.63, 3.8) is 0 Å². The van der Waals surface area contributed by atoms with Crippen molar-refractivity contribution >= 4 is 0 Å². The molecule has 0 aromatic carbocycles. The summed E-state index contributed by atoms with van der Waals surface area (Å²) in [6.07, 6.45) is 3.50. The maximum absolute atomic E-state index is 3.78. The molecule has 0 spiro atoms. The number of pyridine rings is 1. The molecule has 0 bridgehead atoms. The van der Waals surface area contributed by atoms with Crippen LogP contribution in [-0.4, -0.2) is 4.98 Å². The number of hydrogen-bond acceptors (Lipinski definition) is 1. The first-order valence-corrected chi connectivity index (χ1v) is 1.85. The van der Waals surface area contributed by atoms with Crippen LogP contribution in [0, 0.1) is 0 Å². The fourth-order valence-electron chi connectivity index (χ4n) is 0.313. The van der Waals surface area contributed by atoms with Crippen molar-refractivity contribution in [2.24, 2.45) is 0 Å². The minimum Gasteiger partial charge on any atom is -2.00 e. The van der Waals surface area contributed by atoms with Gasteiger partial charge in [-0.3, -0.25) is 4.98 Å². The van der Waals surface area contributed by atoms with Crippen LogP contribution in [0.4, 0.5) is 0 Å². The van der Waals surface area contributed by atoms with Crippen LogP contribution in [0.15, 0.2) is 30.6 Å². The van der Waals surface area contributed by atoms with Gasteiger partial charge in [-0.05, 0) is 12.1 Å². The molecule has 0 aliphatic carbocycles. The summed E-state index contributed by atoms with van der Waals surface area (Å²) in [5.74, 6) is 0. The molecule has 8 heavy (non-hydrogen) atoms. The molecule has 1 rings (SSSR count). The SMILES string of the molecule is [Fe+2].[O-2].c1ccncc1. The van der Waals surface area contributed by atoms with Crippen LogP contribution in [0.3, 0.4) is 0 Å². The van der Waals surface area contributed by atoms with Crippen LogP contribution in [0.2, 0.25) is 0 Å². The van der Waals surface area contributed by atoms with Gasteiger partial charge in [0.15, 0.2) is 0 Å². The van der Waals surface area contributed by atoms with Gasteiger partial charge in [0.2, 0.25) is 0 Å². The van der Waals surface area contributed by atoms with Crippen molar-refractivity contribution < 1.29 is 22.5 Å². The van der Waals surface area contributed by atoms with Crippen LogP contribution in [0.5, 0.6) is 0 Å². The minimum atomic E-state index is 0. The molecule has 0 amide bonds. The van der Waals surface area contributed by atoms with E-state index < -0.39 is 0 Å². The smallest absolute Gasteiger partial charge is 2.00 e. The number of hydrogen-bond donors (Lipinski definition) is 0. The van der Waals surface area contributed by atoms with Gasteiger partial charge < -0.3 is 5.48 Å². The van der Waals surface area contributed by atoms with E-state index in [1.165, 1.54) is 0 Å². The number of aromatic nitrogens is 1. The van der Waals surface area contributed by atoms with Gasteiger partial charge in [-0.2, -0.15) is 0 Å². The van der Waals surface area contributed by atoms with Crippen LogP contribution in [0.1, 0.15) is 0 Å². The van der Waals surface area contributed by atoms with Crippen molar-refractivity contribution in [3.05, 3.63) is 30.6 Å². The Morgan fingerprint density at radius 3 is 1.50 bits per heavy atom. The van der Waals surface area contributed by atoms with Crippen LogP contribution in [-0.2, 0) is 22.5 Å². The van der Waals surface area contributed by atoms with E-state index in [0.717, 1.165) is 0 Å². The third kappa shape index (κ3) is 3.81. The maximum atomic E-state index is 3.78. The van der Waals surface area contributed by atoms with E-state index in [1.807, 2.05) is 18.2 Å². The Labute approximate surface area is 58.7 Å². The molecular formula is C5H5FeNO. The first-order valence-electron chi connectivity index (χ1n) is 1.85. The molecule has 1 aromatic rings. The van der Waals surface area contributed by atoms with Gasteiger partial charge in [0.25, 0.3) is 0 Å². The van der Waals surface area contributed by atoms with Crippen molar-refractivity contribution in [2.45, 2.75) is 0 Å². The molecule has 0 atom stereocenters. The largest absolute Gasteiger partial charge is 2.00 e. The Morgan fingerprint density at radius 2 is 1.38 bits per heavy atom. The average Bonchev–Trinajstić information content (AvgIpc) is 1.72. The molecular weight excluding hydrogens is 146 g/mol. The predicted octanol–water partition coefficient (Wildman–Crippen LogP) is 0.960. The summed E-state index contributed by atoms with van der Waals surface area (Å²) in [4.78, 5) is 3.78. The monoisotopic (exact) mass is 151 g/mol. The first kappa shape index (κ1) is 10.6. The summed E-state index contributed by atoms with van der Waals surface area (Å²) in [6, 6.07) is 5.72. The molecule has 0 N–H and O–H groups in total. The summed E-state index contributed by atoms with van der Waals surface area (Å²) >= 11 is 0. The summed E-state index contributed by atoms with van der Waals surface area (Å²) in [5.41, 5.74) is 0. The third-order valence-corrected chi connectivity index (χ3v) is 0.566. The van der Waals surface area contributed by atoms with E-state index in [0.29, 0.717) is 0 Å². The molecule has 0 aliphatic heterocycles. The molecule has 0 saturated heterocycles. The number of rotatable bonds is 0. The Balaban J connectivity index is 0. The second kappa shape index (κ2) is 6.63. The van der Waals surface area contributed by atoms with E-state index in [4.69, 9.17) is 0 Å². The molecule has 0 radical (unpaired) electrons. The topological polar surface area (TPSA) is 41.4 Å². The maximum Gasteiger partial charge on any atom is 2.00 e. The van der Waals surface area contributed by atoms with Gasteiger partial charge in [0.05, 0.1) is 0 Å². The second-order valence-electron chi connectivity index (χ2n) is 1.02. The Morgan fingerprint density at radius 1 is 0.875 bits per heavy atom. The summed E-state index contributed by atoms with van der Waals surface area (Å²) in [5, 5.41) is 0. The van der Waals surface area contributed by atoms with E-state index in [1.54, 1.807) is 12.4 Å². The molecule has 44 valence electrons. The van der Waals surface area contributed by atoms with Gasteiger partial charge in [0.1, 0.15) is 0 Å². The average molecular weight is 151 g/mol. The fourth-order valence-corrected chi connectivity index (χ4v) is 0.313. The first-order chi connectivity index (χ1) is 3.00. The molecule has 0 aliphatic rings. The Bertz CT molecular complexity index is 84.4. The van der Waals surface area contributed by atoms with Crippen LogP contribution in [0.25, 0.3) is 0 Å². The molecule has 0 fully saturated rings. The summed E-state index contributed by atoms with van der Waals surface area (Å²) < 4.78 is 0. The van der Waals surface area contributed by atoms with E-state index in [2.05, 4.69) is 4.98 Å². The Hall–Kier alpha value is -0.371. The summed E-state index contributed by atoms with van der Waals surface area (Å²) in [6.45, 7) is 0. The van der Waals surface area contributed by atoms with Crippen molar-refractivity contribution in [1.82, 2.24) is 4.98 Å². The quantitative estimate of drug-likeness (QED) is 0.509. The van der Waals surface area contributed by atoms with Gasteiger partial charge in [-0.15, -0.1) is 0 Å². The van der Waals surface area contributed by atoms with Crippen molar-refractivity contribution in [3.8, 4) is 0 Å². The Kier molecular flexibility index (Phi) is 8.77. The predicted molar refractivity (Wildman–Crippen MR) is 24.9 cm³/mol. The molecule has 3 heteroatoms. The van der Waals surface area contributed by atoms with E-state index in [-0.39, 0.29) is 22.5 Å². The van der Waals surface area contributed by atoms with Crippen LogP contribution >= 0.6 is 0 Å². The number of nitrogens with zero attached hydrogens (tertiary/aromatic N) is 1. The second-order valence-corrected chi connectivity index (χ2v) is 1.02. The van der Waals surface area contributed by atoms with Gasteiger partial charge in [0, 0.05) is 12.4 Å². The molecule has 0 unspecified atom stereocenters. The minimum absolute atomic E-state index is 0. The zero-order chi connectivity index (χ0) is 4.24. The van der Waals surface area contributed by atoms with E-state index >= 15 is 0 Å². The molecule has 1 heterocycles. The molecule has 2 nitrogen and oxygen atoms in total. The van der Waals surface area contributed by atoms with Crippen molar-refractivity contribution in [1.29, 1.82) is 0 Å². The molecule has 0 saturated carbocycles. The third-order valence-electron chi connectivity index (χ3n) is 0.566. The van der Waals surface area contributed by atoms with Gasteiger partial charge >= 0.3 is 17.1 Å². The van der Waals surface area contributed by atoms with Gasteiger partial charge in [-0.25, -0.2) is 0 Å².